The van der Waals surface area contributed by atoms with Gasteiger partial charge in [-0.2, -0.15) is 0 Å². The molecule has 0 aromatic heterocycles. The molecule has 1 saturated heterocycles. The third kappa shape index (κ3) is 2.71. The first-order valence-corrected chi connectivity index (χ1v) is 8.22. The summed E-state index contributed by atoms with van der Waals surface area (Å²) in [6.07, 6.45) is 6.80. The molecule has 1 aromatic carbocycles. The fourth-order valence-corrected chi connectivity index (χ4v) is 4.35. The van der Waals surface area contributed by atoms with Gasteiger partial charge < -0.3 is 10.0 Å². The lowest BCUT2D eigenvalue weighted by Gasteiger charge is -2.42. The molecule has 0 amide bonds. The monoisotopic (exact) mass is 337 g/mol. The van der Waals surface area contributed by atoms with Gasteiger partial charge in [0.2, 0.25) is 0 Å². The van der Waals surface area contributed by atoms with Crippen molar-refractivity contribution < 1.29 is 9.90 Å². The van der Waals surface area contributed by atoms with Gasteiger partial charge in [-0.25, -0.2) is 4.79 Å². The molecule has 0 radical (unpaired) electrons. The topological polar surface area (TPSA) is 40.5 Å². The van der Waals surface area contributed by atoms with Crippen LogP contribution in [0.15, 0.2) is 22.7 Å². The Morgan fingerprint density at radius 2 is 1.95 bits per heavy atom. The van der Waals surface area contributed by atoms with Crippen molar-refractivity contribution in [3.8, 4) is 0 Å². The Bertz CT molecular complexity index is 517. The number of halogens is 1. The lowest BCUT2D eigenvalue weighted by atomic mass is 9.75. The van der Waals surface area contributed by atoms with Crippen LogP contribution in [-0.2, 0) is 0 Å². The molecule has 2 aliphatic rings. The maximum Gasteiger partial charge on any atom is 0.335 e. The maximum atomic E-state index is 11.0. The van der Waals surface area contributed by atoms with Crippen molar-refractivity contribution in [2.75, 3.05) is 18.0 Å². The third-order valence-corrected chi connectivity index (χ3v) is 5.46. The van der Waals surface area contributed by atoms with Gasteiger partial charge in [0.1, 0.15) is 0 Å². The molecule has 1 heterocycles. The van der Waals surface area contributed by atoms with Crippen LogP contribution in [0.1, 0.15) is 42.5 Å². The molecule has 4 heteroatoms. The fourth-order valence-electron chi connectivity index (χ4n) is 3.72. The van der Waals surface area contributed by atoms with E-state index in [1.165, 1.54) is 32.1 Å². The number of fused-ring (bicyclic) bond motifs is 1. The van der Waals surface area contributed by atoms with Gasteiger partial charge >= 0.3 is 5.97 Å². The molecule has 1 aliphatic heterocycles. The van der Waals surface area contributed by atoms with E-state index in [4.69, 9.17) is 5.11 Å². The summed E-state index contributed by atoms with van der Waals surface area (Å²) in [5, 5.41) is 9.03. The van der Waals surface area contributed by atoms with Crippen LogP contribution in [0.4, 0.5) is 5.69 Å². The minimum atomic E-state index is -0.872. The van der Waals surface area contributed by atoms with E-state index in [0.29, 0.717) is 5.56 Å². The van der Waals surface area contributed by atoms with Gasteiger partial charge in [0, 0.05) is 17.6 Å². The number of aromatic carboxylic acids is 1. The predicted molar refractivity (Wildman–Crippen MR) is 83.4 cm³/mol. The molecule has 0 bridgehead atoms. The highest BCUT2D eigenvalue weighted by molar-refractivity contribution is 9.10. The molecule has 0 spiro atoms. The van der Waals surface area contributed by atoms with E-state index >= 15 is 0 Å². The highest BCUT2D eigenvalue weighted by atomic mass is 79.9. The number of carboxylic acids is 1. The van der Waals surface area contributed by atoms with Crippen LogP contribution in [0.25, 0.3) is 0 Å². The zero-order valence-corrected chi connectivity index (χ0v) is 13.1. The Hall–Kier alpha value is -1.03. The number of hydrogen-bond donors (Lipinski definition) is 1. The van der Waals surface area contributed by atoms with Crippen molar-refractivity contribution in [3.05, 3.63) is 28.2 Å². The molecule has 2 fully saturated rings. The van der Waals surface area contributed by atoms with Crippen molar-refractivity contribution in [2.45, 2.75) is 32.1 Å². The van der Waals surface area contributed by atoms with E-state index in [2.05, 4.69) is 20.8 Å². The molecule has 2 unspecified atom stereocenters. The van der Waals surface area contributed by atoms with Gasteiger partial charge in [-0.3, -0.25) is 0 Å². The Balaban J connectivity index is 1.78. The maximum absolute atomic E-state index is 11.0. The predicted octanol–water partition coefficient (Wildman–Crippen LogP) is 4.16. The first kappa shape index (κ1) is 13.9. The van der Waals surface area contributed by atoms with Crippen LogP contribution >= 0.6 is 15.9 Å². The smallest absolute Gasteiger partial charge is 0.335 e. The summed E-state index contributed by atoms with van der Waals surface area (Å²) in [7, 11) is 0. The number of nitrogens with zero attached hydrogens (tertiary/aromatic N) is 1. The van der Waals surface area contributed by atoms with Gasteiger partial charge in [-0.05, 0) is 58.8 Å². The highest BCUT2D eigenvalue weighted by Gasteiger charge is 2.31. The first-order valence-electron chi connectivity index (χ1n) is 7.43. The number of carbonyl (C=O) groups is 1. The molecule has 1 aliphatic carbocycles. The van der Waals surface area contributed by atoms with Crippen LogP contribution in [-0.4, -0.2) is 24.2 Å². The van der Waals surface area contributed by atoms with Gasteiger partial charge in [-0.15, -0.1) is 0 Å². The Morgan fingerprint density at radius 3 is 2.65 bits per heavy atom. The number of rotatable bonds is 2. The quantitative estimate of drug-likeness (QED) is 0.880. The number of piperidine rings is 1. The Labute approximate surface area is 128 Å². The summed E-state index contributed by atoms with van der Waals surface area (Å²) >= 11 is 3.53. The molecule has 1 saturated carbocycles. The van der Waals surface area contributed by atoms with Crippen molar-refractivity contribution in [1.29, 1.82) is 0 Å². The number of benzene rings is 1. The zero-order valence-electron chi connectivity index (χ0n) is 11.5. The van der Waals surface area contributed by atoms with Crippen molar-refractivity contribution in [3.63, 3.8) is 0 Å². The van der Waals surface area contributed by atoms with E-state index in [0.717, 1.165) is 35.1 Å². The minimum Gasteiger partial charge on any atom is -0.478 e. The van der Waals surface area contributed by atoms with Crippen molar-refractivity contribution in [1.82, 2.24) is 0 Å². The Morgan fingerprint density at radius 1 is 1.20 bits per heavy atom. The molecular formula is C16H20BrNO2. The summed E-state index contributed by atoms with van der Waals surface area (Å²) in [4.78, 5) is 13.4. The standard InChI is InChI=1S/C16H20BrNO2/c17-14-9-12(16(19)20)5-6-15(14)18-8-7-11-3-1-2-4-13(11)10-18/h5-6,9,11,13H,1-4,7-8,10H2,(H,19,20). The second kappa shape index (κ2) is 5.76. The van der Waals surface area contributed by atoms with Crippen molar-refractivity contribution in [2.24, 2.45) is 11.8 Å². The highest BCUT2D eigenvalue weighted by Crippen LogP contribution is 2.39. The van der Waals surface area contributed by atoms with E-state index in [9.17, 15) is 4.79 Å². The summed E-state index contributed by atoms with van der Waals surface area (Å²) in [6.45, 7) is 2.21. The second-order valence-electron chi connectivity index (χ2n) is 6.01. The average molecular weight is 338 g/mol. The SMILES string of the molecule is O=C(O)c1ccc(N2CCC3CCCCC3C2)c(Br)c1. The molecule has 20 heavy (non-hydrogen) atoms. The summed E-state index contributed by atoms with van der Waals surface area (Å²) in [6, 6.07) is 5.36. The summed E-state index contributed by atoms with van der Waals surface area (Å²) < 4.78 is 0.895. The largest absolute Gasteiger partial charge is 0.478 e. The number of hydrogen-bond acceptors (Lipinski definition) is 2. The Kier molecular flexibility index (Phi) is 4.01. The van der Waals surface area contributed by atoms with Crippen LogP contribution in [0.2, 0.25) is 0 Å². The van der Waals surface area contributed by atoms with Crippen LogP contribution in [0, 0.1) is 11.8 Å². The van der Waals surface area contributed by atoms with Gasteiger partial charge in [0.05, 0.1) is 11.3 Å². The lowest BCUT2D eigenvalue weighted by molar-refractivity contribution is 0.0697. The molecular weight excluding hydrogens is 318 g/mol. The van der Waals surface area contributed by atoms with Crippen LogP contribution in [0.5, 0.6) is 0 Å². The van der Waals surface area contributed by atoms with E-state index in [-0.39, 0.29) is 0 Å². The van der Waals surface area contributed by atoms with Gasteiger partial charge in [0.15, 0.2) is 0 Å². The first-order chi connectivity index (χ1) is 9.65. The number of anilines is 1. The molecule has 108 valence electrons. The minimum absolute atomic E-state index is 0.341. The van der Waals surface area contributed by atoms with Gasteiger partial charge in [-0.1, -0.05) is 19.3 Å². The van der Waals surface area contributed by atoms with E-state index < -0.39 is 5.97 Å². The molecule has 1 N–H and O–H groups in total. The molecule has 1 aromatic rings. The van der Waals surface area contributed by atoms with E-state index in [1.54, 1.807) is 12.1 Å². The van der Waals surface area contributed by atoms with Crippen LogP contribution < -0.4 is 4.90 Å². The fraction of sp³-hybridized carbons (Fsp3) is 0.562. The summed E-state index contributed by atoms with van der Waals surface area (Å²) in [5.41, 5.74) is 1.48. The second-order valence-corrected chi connectivity index (χ2v) is 6.86. The molecule has 3 nitrogen and oxygen atoms in total. The van der Waals surface area contributed by atoms with Crippen LogP contribution in [0.3, 0.4) is 0 Å². The zero-order chi connectivity index (χ0) is 14.1. The van der Waals surface area contributed by atoms with E-state index in [1.807, 2.05) is 6.07 Å². The lowest BCUT2D eigenvalue weighted by Crippen LogP contribution is -2.42. The normalized spacial score (nSPS) is 26.1. The third-order valence-electron chi connectivity index (χ3n) is 4.83. The van der Waals surface area contributed by atoms with Crippen molar-refractivity contribution >= 4 is 27.6 Å². The molecule has 2 atom stereocenters. The average Bonchev–Trinajstić information content (AvgIpc) is 2.46. The van der Waals surface area contributed by atoms with Gasteiger partial charge in [0.25, 0.3) is 0 Å². The molecule has 3 rings (SSSR count). The summed E-state index contributed by atoms with van der Waals surface area (Å²) in [5.74, 6) is 0.865. The number of carboxylic acid groups (broad SMARTS) is 1.